The largest absolute Gasteiger partial charge is 0.349 e. The van der Waals surface area contributed by atoms with Crippen LogP contribution in [0.25, 0.3) is 0 Å². The molecule has 1 aliphatic rings. The summed E-state index contributed by atoms with van der Waals surface area (Å²) in [7, 11) is 0. The summed E-state index contributed by atoms with van der Waals surface area (Å²) in [5.74, 6) is -2.53. The summed E-state index contributed by atoms with van der Waals surface area (Å²) in [5, 5.41) is 5.14. The van der Waals surface area contributed by atoms with Crippen molar-refractivity contribution >= 4 is 58.0 Å². The van der Waals surface area contributed by atoms with Crippen LogP contribution in [-0.2, 0) is 9.59 Å². The second-order valence-corrected chi connectivity index (χ2v) is 8.50. The second-order valence-electron chi connectivity index (χ2n) is 7.71. The SMILES string of the molecule is Cc1cccc(NC(=O)c2ccc(C)c(NC3=C(Cl)C(=O)N(c4ccc(F)c(Cl)c4)C3=O)c2)c1. The summed E-state index contributed by atoms with van der Waals surface area (Å²) >= 11 is 12.0. The number of hydrogen-bond acceptors (Lipinski definition) is 4. The Hall–Kier alpha value is -3.68. The fraction of sp³-hybridized carbons (Fsp3) is 0.0800. The zero-order chi connectivity index (χ0) is 24.6. The monoisotopic (exact) mass is 497 g/mol. The molecular formula is C25H18Cl2FN3O3. The number of rotatable bonds is 5. The van der Waals surface area contributed by atoms with E-state index in [9.17, 15) is 18.8 Å². The molecule has 0 spiro atoms. The molecule has 6 nitrogen and oxygen atoms in total. The van der Waals surface area contributed by atoms with E-state index in [-0.39, 0.29) is 27.3 Å². The van der Waals surface area contributed by atoms with Crippen LogP contribution >= 0.6 is 23.2 Å². The summed E-state index contributed by atoms with van der Waals surface area (Å²) in [6, 6.07) is 15.8. The minimum absolute atomic E-state index is 0.0827. The lowest BCUT2D eigenvalue weighted by Crippen LogP contribution is -2.32. The molecule has 3 aromatic carbocycles. The maximum absolute atomic E-state index is 13.5. The lowest BCUT2D eigenvalue weighted by atomic mass is 10.1. The molecule has 0 saturated carbocycles. The van der Waals surface area contributed by atoms with Crippen molar-refractivity contribution in [2.24, 2.45) is 0 Å². The Morgan fingerprint density at radius 1 is 0.941 bits per heavy atom. The standard InChI is InChI=1S/C25H18Cl2FN3O3/c1-13-4-3-5-16(10-13)29-23(32)15-7-6-14(2)20(11-15)30-22-21(27)24(33)31(25(22)34)17-8-9-19(28)18(26)12-17/h3-12,30H,1-2H3,(H,29,32). The Morgan fingerprint density at radius 2 is 1.71 bits per heavy atom. The highest BCUT2D eigenvalue weighted by molar-refractivity contribution is 6.53. The molecule has 0 bridgehead atoms. The smallest absolute Gasteiger partial charge is 0.283 e. The van der Waals surface area contributed by atoms with Gasteiger partial charge < -0.3 is 10.6 Å². The highest BCUT2D eigenvalue weighted by atomic mass is 35.5. The minimum atomic E-state index is -0.775. The van der Waals surface area contributed by atoms with E-state index >= 15 is 0 Å². The molecule has 0 radical (unpaired) electrons. The van der Waals surface area contributed by atoms with Gasteiger partial charge in [-0.05, 0) is 67.4 Å². The second kappa shape index (κ2) is 9.29. The Morgan fingerprint density at radius 3 is 2.41 bits per heavy atom. The number of carbonyl (C=O) groups is 3. The van der Waals surface area contributed by atoms with Crippen molar-refractivity contribution in [2.75, 3.05) is 15.5 Å². The number of aryl methyl sites for hydroxylation is 2. The Labute approximate surface area is 205 Å². The van der Waals surface area contributed by atoms with Crippen molar-refractivity contribution in [1.29, 1.82) is 0 Å². The van der Waals surface area contributed by atoms with Crippen LogP contribution in [0.5, 0.6) is 0 Å². The Balaban J connectivity index is 1.59. The van der Waals surface area contributed by atoms with Crippen molar-refractivity contribution < 1.29 is 18.8 Å². The van der Waals surface area contributed by atoms with Crippen LogP contribution in [0.2, 0.25) is 5.02 Å². The first-order valence-electron chi connectivity index (χ1n) is 10.1. The molecule has 172 valence electrons. The first-order valence-corrected chi connectivity index (χ1v) is 10.9. The topological polar surface area (TPSA) is 78.5 Å². The van der Waals surface area contributed by atoms with E-state index in [1.807, 2.05) is 25.1 Å². The van der Waals surface area contributed by atoms with E-state index in [0.717, 1.165) is 16.5 Å². The molecule has 0 unspecified atom stereocenters. The Bertz CT molecular complexity index is 1390. The fourth-order valence-corrected chi connectivity index (χ4v) is 3.82. The predicted molar refractivity (Wildman–Crippen MR) is 131 cm³/mol. The lowest BCUT2D eigenvalue weighted by molar-refractivity contribution is -0.120. The molecule has 9 heteroatoms. The van der Waals surface area contributed by atoms with Gasteiger partial charge in [-0.25, -0.2) is 9.29 Å². The van der Waals surface area contributed by atoms with Crippen LogP contribution in [-0.4, -0.2) is 17.7 Å². The van der Waals surface area contributed by atoms with E-state index in [1.165, 1.54) is 12.1 Å². The number of carbonyl (C=O) groups excluding carboxylic acids is 3. The normalized spacial score (nSPS) is 13.5. The van der Waals surface area contributed by atoms with Crippen LogP contribution in [0.3, 0.4) is 0 Å². The summed E-state index contributed by atoms with van der Waals surface area (Å²) in [6.07, 6.45) is 0. The van der Waals surface area contributed by atoms with Gasteiger partial charge in [0.15, 0.2) is 0 Å². The van der Waals surface area contributed by atoms with Crippen molar-refractivity contribution in [3.63, 3.8) is 0 Å². The summed E-state index contributed by atoms with van der Waals surface area (Å²) in [5.41, 5.74) is 3.05. The van der Waals surface area contributed by atoms with Gasteiger partial charge in [0.1, 0.15) is 16.5 Å². The zero-order valence-electron chi connectivity index (χ0n) is 18.1. The average Bonchev–Trinajstić information content (AvgIpc) is 3.00. The number of halogens is 3. The average molecular weight is 498 g/mol. The molecule has 1 heterocycles. The van der Waals surface area contributed by atoms with Crippen LogP contribution in [0.1, 0.15) is 21.5 Å². The number of anilines is 3. The van der Waals surface area contributed by atoms with Gasteiger partial charge in [0.05, 0.1) is 10.7 Å². The van der Waals surface area contributed by atoms with Gasteiger partial charge in [0.25, 0.3) is 17.7 Å². The summed E-state index contributed by atoms with van der Waals surface area (Å²) < 4.78 is 13.5. The lowest BCUT2D eigenvalue weighted by Gasteiger charge is -2.16. The van der Waals surface area contributed by atoms with E-state index in [4.69, 9.17) is 23.2 Å². The van der Waals surface area contributed by atoms with Gasteiger partial charge in [-0.1, -0.05) is 41.4 Å². The van der Waals surface area contributed by atoms with Crippen LogP contribution in [0.4, 0.5) is 21.5 Å². The maximum atomic E-state index is 13.5. The maximum Gasteiger partial charge on any atom is 0.283 e. The van der Waals surface area contributed by atoms with Gasteiger partial charge in [-0.2, -0.15) is 0 Å². The van der Waals surface area contributed by atoms with Gasteiger partial charge in [0.2, 0.25) is 0 Å². The van der Waals surface area contributed by atoms with Crippen LogP contribution in [0.15, 0.2) is 71.4 Å². The van der Waals surface area contributed by atoms with Gasteiger partial charge in [0, 0.05) is 16.9 Å². The van der Waals surface area contributed by atoms with Gasteiger partial charge in [-0.3, -0.25) is 14.4 Å². The third-order valence-corrected chi connectivity index (χ3v) is 5.86. The molecule has 3 amide bonds. The molecule has 3 aromatic rings. The number of hydrogen-bond donors (Lipinski definition) is 2. The molecule has 2 N–H and O–H groups in total. The molecule has 0 aromatic heterocycles. The van der Waals surface area contributed by atoms with Gasteiger partial charge in [-0.15, -0.1) is 0 Å². The number of benzene rings is 3. The summed E-state index contributed by atoms with van der Waals surface area (Å²) in [6.45, 7) is 3.70. The first-order chi connectivity index (χ1) is 16.2. The Kier molecular flexibility index (Phi) is 6.41. The zero-order valence-corrected chi connectivity index (χ0v) is 19.6. The summed E-state index contributed by atoms with van der Waals surface area (Å²) in [4.78, 5) is 39.3. The molecule has 0 atom stereocenters. The fourth-order valence-electron chi connectivity index (χ4n) is 3.43. The molecule has 1 aliphatic heterocycles. The third-order valence-electron chi connectivity index (χ3n) is 5.22. The van der Waals surface area contributed by atoms with E-state index in [1.54, 1.807) is 31.2 Å². The van der Waals surface area contributed by atoms with Crippen LogP contribution in [0, 0.1) is 19.7 Å². The molecule has 0 fully saturated rings. The molecular weight excluding hydrogens is 480 g/mol. The van der Waals surface area contributed by atoms with Crippen molar-refractivity contribution in [3.05, 3.63) is 98.9 Å². The van der Waals surface area contributed by atoms with Gasteiger partial charge >= 0.3 is 0 Å². The van der Waals surface area contributed by atoms with E-state index in [2.05, 4.69) is 10.6 Å². The first kappa shape index (κ1) is 23.5. The van der Waals surface area contributed by atoms with Crippen molar-refractivity contribution in [3.8, 4) is 0 Å². The molecule has 0 saturated heterocycles. The van der Waals surface area contributed by atoms with Crippen molar-refractivity contribution in [1.82, 2.24) is 0 Å². The number of amides is 3. The van der Waals surface area contributed by atoms with Crippen molar-refractivity contribution in [2.45, 2.75) is 13.8 Å². The quantitative estimate of drug-likeness (QED) is 0.437. The van der Waals surface area contributed by atoms with E-state index in [0.29, 0.717) is 22.5 Å². The predicted octanol–water partition coefficient (Wildman–Crippen LogP) is 5.78. The molecule has 0 aliphatic carbocycles. The minimum Gasteiger partial charge on any atom is -0.349 e. The van der Waals surface area contributed by atoms with Crippen LogP contribution < -0.4 is 15.5 Å². The highest BCUT2D eigenvalue weighted by Gasteiger charge is 2.39. The molecule has 4 rings (SSSR count). The number of imide groups is 1. The highest BCUT2D eigenvalue weighted by Crippen LogP contribution is 2.33. The third kappa shape index (κ3) is 4.53. The van der Waals surface area contributed by atoms with E-state index < -0.39 is 17.6 Å². The number of nitrogens with one attached hydrogen (secondary N) is 2. The number of nitrogens with zero attached hydrogens (tertiary/aromatic N) is 1. The molecule has 34 heavy (non-hydrogen) atoms.